The number of amides is 1. The fraction of sp³-hybridized carbons (Fsp3) is 0.412. The summed E-state index contributed by atoms with van der Waals surface area (Å²) in [5.41, 5.74) is 0.868. The van der Waals surface area contributed by atoms with E-state index in [2.05, 4.69) is 9.55 Å². The second kappa shape index (κ2) is 6.73. The molecule has 0 unspecified atom stereocenters. The van der Waals surface area contributed by atoms with Gasteiger partial charge in [-0.1, -0.05) is 12.1 Å². The standard InChI is InChI=1S/C17H20FN3O/c18-16-3-1-14(2-4-16)11-17(22)21-8-5-15(6-9-21)12-20-10-7-19-13-20/h1-4,7,10,13,15H,5-6,8-9,11-12H2. The van der Waals surface area contributed by atoms with Crippen LogP contribution < -0.4 is 0 Å². The molecule has 0 saturated carbocycles. The molecule has 0 N–H and O–H groups in total. The number of nitrogens with zero attached hydrogens (tertiary/aromatic N) is 3. The minimum absolute atomic E-state index is 0.132. The lowest BCUT2D eigenvalue weighted by atomic mass is 9.96. The van der Waals surface area contributed by atoms with Crippen LogP contribution in [0, 0.1) is 11.7 Å². The molecule has 1 aliphatic rings. The average Bonchev–Trinajstić information content (AvgIpc) is 3.03. The summed E-state index contributed by atoms with van der Waals surface area (Å²) in [6.07, 6.45) is 8.01. The summed E-state index contributed by atoms with van der Waals surface area (Å²) in [7, 11) is 0. The van der Waals surface area contributed by atoms with Crippen molar-refractivity contribution in [2.75, 3.05) is 13.1 Å². The SMILES string of the molecule is O=C(Cc1ccc(F)cc1)N1CCC(Cn2ccnc2)CC1. The zero-order chi connectivity index (χ0) is 15.4. The van der Waals surface area contributed by atoms with E-state index in [0.717, 1.165) is 38.0 Å². The first-order valence-corrected chi connectivity index (χ1v) is 7.68. The number of carbonyl (C=O) groups is 1. The Labute approximate surface area is 129 Å². The van der Waals surface area contributed by atoms with Gasteiger partial charge in [-0.2, -0.15) is 0 Å². The van der Waals surface area contributed by atoms with Gasteiger partial charge in [0.05, 0.1) is 12.7 Å². The maximum atomic E-state index is 12.9. The van der Waals surface area contributed by atoms with Crippen molar-refractivity contribution < 1.29 is 9.18 Å². The highest BCUT2D eigenvalue weighted by atomic mass is 19.1. The third-order valence-corrected chi connectivity index (χ3v) is 4.26. The molecule has 2 aromatic rings. The average molecular weight is 301 g/mol. The lowest BCUT2D eigenvalue weighted by molar-refractivity contribution is -0.131. The van der Waals surface area contributed by atoms with Crippen LogP contribution >= 0.6 is 0 Å². The summed E-state index contributed by atoms with van der Waals surface area (Å²) in [6.45, 7) is 2.58. The van der Waals surface area contributed by atoms with Crippen molar-refractivity contribution in [2.24, 2.45) is 5.92 Å². The fourth-order valence-corrected chi connectivity index (χ4v) is 2.95. The number of carbonyl (C=O) groups excluding carboxylic acids is 1. The highest BCUT2D eigenvalue weighted by Gasteiger charge is 2.22. The van der Waals surface area contributed by atoms with Crippen LogP contribution in [0.4, 0.5) is 4.39 Å². The minimum Gasteiger partial charge on any atom is -0.342 e. The molecule has 116 valence electrons. The first-order chi connectivity index (χ1) is 10.7. The number of imidazole rings is 1. The Morgan fingerprint density at radius 3 is 2.59 bits per heavy atom. The Morgan fingerprint density at radius 2 is 1.95 bits per heavy atom. The number of benzene rings is 1. The van der Waals surface area contributed by atoms with Gasteiger partial charge in [-0.15, -0.1) is 0 Å². The number of likely N-dealkylation sites (tertiary alicyclic amines) is 1. The molecule has 0 spiro atoms. The van der Waals surface area contributed by atoms with E-state index in [1.165, 1.54) is 12.1 Å². The van der Waals surface area contributed by atoms with Crippen LogP contribution in [0.5, 0.6) is 0 Å². The lowest BCUT2D eigenvalue weighted by Crippen LogP contribution is -2.40. The van der Waals surface area contributed by atoms with E-state index < -0.39 is 0 Å². The van der Waals surface area contributed by atoms with E-state index in [9.17, 15) is 9.18 Å². The third kappa shape index (κ3) is 3.72. The number of rotatable bonds is 4. The first-order valence-electron chi connectivity index (χ1n) is 7.68. The maximum Gasteiger partial charge on any atom is 0.226 e. The Hall–Kier alpha value is -2.17. The molecule has 1 amide bonds. The number of halogens is 1. The molecule has 4 nitrogen and oxygen atoms in total. The van der Waals surface area contributed by atoms with Crippen molar-refractivity contribution in [3.63, 3.8) is 0 Å². The van der Waals surface area contributed by atoms with E-state index in [-0.39, 0.29) is 11.7 Å². The molecule has 1 aromatic carbocycles. The van der Waals surface area contributed by atoms with E-state index in [4.69, 9.17) is 0 Å². The quantitative estimate of drug-likeness (QED) is 0.870. The number of hydrogen-bond donors (Lipinski definition) is 0. The highest BCUT2D eigenvalue weighted by Crippen LogP contribution is 2.20. The summed E-state index contributed by atoms with van der Waals surface area (Å²) in [5.74, 6) is 0.466. The summed E-state index contributed by atoms with van der Waals surface area (Å²) >= 11 is 0. The van der Waals surface area contributed by atoms with Gasteiger partial charge in [0.25, 0.3) is 0 Å². The molecule has 1 fully saturated rings. The molecule has 1 aromatic heterocycles. The van der Waals surface area contributed by atoms with Gasteiger partial charge in [0.2, 0.25) is 5.91 Å². The van der Waals surface area contributed by atoms with Crippen LogP contribution in [0.2, 0.25) is 0 Å². The monoisotopic (exact) mass is 301 g/mol. The molecular formula is C17H20FN3O. The second-order valence-electron chi connectivity index (χ2n) is 5.89. The van der Waals surface area contributed by atoms with Crippen LogP contribution in [0.25, 0.3) is 0 Å². The summed E-state index contributed by atoms with van der Waals surface area (Å²) < 4.78 is 15.0. The van der Waals surface area contributed by atoms with E-state index in [1.54, 1.807) is 18.3 Å². The van der Waals surface area contributed by atoms with Gasteiger partial charge >= 0.3 is 0 Å². The lowest BCUT2D eigenvalue weighted by Gasteiger charge is -2.32. The molecule has 22 heavy (non-hydrogen) atoms. The van der Waals surface area contributed by atoms with Crippen molar-refractivity contribution >= 4 is 5.91 Å². The third-order valence-electron chi connectivity index (χ3n) is 4.26. The fourth-order valence-electron chi connectivity index (χ4n) is 2.95. The van der Waals surface area contributed by atoms with Crippen molar-refractivity contribution in [3.8, 4) is 0 Å². The number of piperidine rings is 1. The molecule has 3 rings (SSSR count). The topological polar surface area (TPSA) is 38.1 Å². The van der Waals surface area contributed by atoms with E-state index >= 15 is 0 Å². The molecule has 1 saturated heterocycles. The Bertz CT molecular complexity index is 601. The smallest absolute Gasteiger partial charge is 0.226 e. The van der Waals surface area contributed by atoms with Crippen molar-refractivity contribution in [3.05, 3.63) is 54.4 Å². The van der Waals surface area contributed by atoms with Gasteiger partial charge in [0, 0.05) is 32.0 Å². The summed E-state index contributed by atoms with van der Waals surface area (Å²) in [5, 5.41) is 0. The summed E-state index contributed by atoms with van der Waals surface area (Å²) in [6, 6.07) is 6.16. The molecule has 1 aliphatic heterocycles. The van der Waals surface area contributed by atoms with Crippen LogP contribution in [-0.4, -0.2) is 33.4 Å². The number of aromatic nitrogens is 2. The molecule has 2 heterocycles. The zero-order valence-corrected chi connectivity index (χ0v) is 12.5. The molecule has 0 bridgehead atoms. The van der Waals surface area contributed by atoms with Crippen LogP contribution in [0.15, 0.2) is 43.0 Å². The van der Waals surface area contributed by atoms with Gasteiger partial charge in [-0.05, 0) is 36.5 Å². The highest BCUT2D eigenvalue weighted by molar-refractivity contribution is 5.78. The van der Waals surface area contributed by atoms with Crippen LogP contribution in [0.1, 0.15) is 18.4 Å². The van der Waals surface area contributed by atoms with Gasteiger partial charge in [-0.3, -0.25) is 4.79 Å². The van der Waals surface area contributed by atoms with Crippen molar-refractivity contribution in [2.45, 2.75) is 25.8 Å². The van der Waals surface area contributed by atoms with Gasteiger partial charge < -0.3 is 9.47 Å². The molecule has 5 heteroatoms. The molecular weight excluding hydrogens is 281 g/mol. The molecule has 0 radical (unpaired) electrons. The summed E-state index contributed by atoms with van der Waals surface area (Å²) in [4.78, 5) is 18.3. The predicted octanol–water partition coefficient (Wildman–Crippen LogP) is 2.50. The minimum atomic E-state index is -0.267. The van der Waals surface area contributed by atoms with Gasteiger partial charge in [0.1, 0.15) is 5.82 Å². The van der Waals surface area contributed by atoms with Gasteiger partial charge in [-0.25, -0.2) is 9.37 Å². The maximum absolute atomic E-state index is 12.9. The predicted molar refractivity (Wildman–Crippen MR) is 81.6 cm³/mol. The van der Waals surface area contributed by atoms with Crippen LogP contribution in [-0.2, 0) is 17.8 Å². The Morgan fingerprint density at radius 1 is 1.23 bits per heavy atom. The zero-order valence-electron chi connectivity index (χ0n) is 12.5. The van der Waals surface area contributed by atoms with E-state index in [0.29, 0.717) is 12.3 Å². The Kier molecular flexibility index (Phi) is 4.51. The molecule has 0 atom stereocenters. The molecule has 0 aliphatic carbocycles. The van der Waals surface area contributed by atoms with Crippen molar-refractivity contribution in [1.82, 2.24) is 14.5 Å². The second-order valence-corrected chi connectivity index (χ2v) is 5.89. The van der Waals surface area contributed by atoms with Crippen LogP contribution in [0.3, 0.4) is 0 Å². The first kappa shape index (κ1) is 14.8. The Balaban J connectivity index is 1.48. The van der Waals surface area contributed by atoms with Crippen molar-refractivity contribution in [1.29, 1.82) is 0 Å². The van der Waals surface area contributed by atoms with E-state index in [1.807, 2.05) is 17.4 Å². The largest absolute Gasteiger partial charge is 0.342 e. The normalized spacial score (nSPS) is 16.0. The van der Waals surface area contributed by atoms with Gasteiger partial charge in [0.15, 0.2) is 0 Å². The number of hydrogen-bond acceptors (Lipinski definition) is 2.